The Morgan fingerprint density at radius 1 is 1.39 bits per heavy atom. The van der Waals surface area contributed by atoms with Crippen LogP contribution in [0.15, 0.2) is 29.7 Å². The number of carboxylic acids is 1. The van der Waals surface area contributed by atoms with E-state index in [0.29, 0.717) is 5.16 Å². The number of benzene rings is 1. The van der Waals surface area contributed by atoms with E-state index in [1.165, 1.54) is 0 Å². The molecule has 0 saturated carbocycles. The first-order chi connectivity index (χ1) is 8.59. The third-order valence-electron chi connectivity index (χ3n) is 2.52. The van der Waals surface area contributed by atoms with Crippen molar-refractivity contribution in [1.82, 2.24) is 14.8 Å². The van der Waals surface area contributed by atoms with Gasteiger partial charge in [0.05, 0.1) is 11.4 Å². The van der Waals surface area contributed by atoms with Gasteiger partial charge in [-0.05, 0) is 25.0 Å². The van der Waals surface area contributed by atoms with Crippen LogP contribution in [0.3, 0.4) is 0 Å². The van der Waals surface area contributed by atoms with E-state index in [0.717, 1.165) is 28.6 Å². The number of nitrogens with zero attached hydrogens (tertiary/aromatic N) is 3. The summed E-state index contributed by atoms with van der Waals surface area (Å²) in [5.41, 5.74) is 3.22. The first-order valence-electron chi connectivity index (χ1n) is 5.41. The fraction of sp³-hybridized carbons (Fsp3) is 0.250. The Labute approximate surface area is 109 Å². The Bertz CT molecular complexity index is 560. The van der Waals surface area contributed by atoms with Gasteiger partial charge in [-0.15, -0.1) is 10.2 Å². The molecule has 0 spiro atoms. The van der Waals surface area contributed by atoms with E-state index in [9.17, 15) is 4.79 Å². The summed E-state index contributed by atoms with van der Waals surface area (Å²) in [6.45, 7) is 4.02. The van der Waals surface area contributed by atoms with Crippen LogP contribution >= 0.6 is 11.8 Å². The zero-order valence-electron chi connectivity index (χ0n) is 10.1. The van der Waals surface area contributed by atoms with Crippen molar-refractivity contribution in [3.8, 4) is 5.69 Å². The van der Waals surface area contributed by atoms with Gasteiger partial charge in [0, 0.05) is 0 Å². The maximum Gasteiger partial charge on any atom is 0.313 e. The first-order valence-corrected chi connectivity index (χ1v) is 6.39. The lowest BCUT2D eigenvalue weighted by molar-refractivity contribution is -0.133. The smallest absolute Gasteiger partial charge is 0.313 e. The molecule has 0 radical (unpaired) electrons. The third kappa shape index (κ3) is 2.53. The van der Waals surface area contributed by atoms with Crippen LogP contribution in [0.5, 0.6) is 0 Å². The molecule has 0 amide bonds. The summed E-state index contributed by atoms with van der Waals surface area (Å²) in [4.78, 5) is 10.6. The van der Waals surface area contributed by atoms with Crippen molar-refractivity contribution >= 4 is 17.7 Å². The van der Waals surface area contributed by atoms with Crippen LogP contribution in [0.1, 0.15) is 11.1 Å². The van der Waals surface area contributed by atoms with Crippen molar-refractivity contribution in [2.75, 3.05) is 5.75 Å². The molecule has 2 rings (SSSR count). The fourth-order valence-corrected chi connectivity index (χ4v) is 2.42. The molecule has 18 heavy (non-hydrogen) atoms. The number of rotatable bonds is 4. The number of hydrogen-bond acceptors (Lipinski definition) is 4. The molecular weight excluding hydrogens is 250 g/mol. The molecular formula is C12H13N3O2S. The summed E-state index contributed by atoms with van der Waals surface area (Å²) >= 11 is 1.16. The Morgan fingerprint density at radius 2 is 2.06 bits per heavy atom. The number of carbonyl (C=O) groups is 1. The topological polar surface area (TPSA) is 68.0 Å². The number of aliphatic carboxylic acids is 1. The number of hydrogen-bond donors (Lipinski definition) is 1. The minimum Gasteiger partial charge on any atom is -0.481 e. The molecule has 0 saturated heterocycles. The number of carboxylic acid groups (broad SMARTS) is 1. The standard InChI is InChI=1S/C12H13N3O2S/c1-8-4-3-5-9(2)11(8)15-7-13-14-12(15)18-6-10(16)17/h3-5,7H,6H2,1-2H3,(H,16,17). The van der Waals surface area contributed by atoms with E-state index in [1.54, 1.807) is 6.33 Å². The summed E-state index contributed by atoms with van der Waals surface area (Å²) in [6.07, 6.45) is 1.61. The number of aromatic nitrogens is 3. The van der Waals surface area contributed by atoms with E-state index in [-0.39, 0.29) is 5.75 Å². The number of para-hydroxylation sites is 1. The van der Waals surface area contributed by atoms with Gasteiger partial charge in [-0.25, -0.2) is 0 Å². The van der Waals surface area contributed by atoms with Crippen molar-refractivity contribution in [2.24, 2.45) is 0 Å². The monoisotopic (exact) mass is 263 g/mol. The zero-order valence-corrected chi connectivity index (χ0v) is 10.9. The maximum atomic E-state index is 10.6. The number of aryl methyl sites for hydroxylation is 2. The fourth-order valence-electron chi connectivity index (χ4n) is 1.79. The minimum absolute atomic E-state index is 0.0242. The Morgan fingerprint density at radius 3 is 2.67 bits per heavy atom. The van der Waals surface area contributed by atoms with Gasteiger partial charge in [-0.3, -0.25) is 9.36 Å². The lowest BCUT2D eigenvalue weighted by atomic mass is 10.1. The van der Waals surface area contributed by atoms with E-state index >= 15 is 0 Å². The molecule has 0 unspecified atom stereocenters. The van der Waals surface area contributed by atoms with E-state index in [2.05, 4.69) is 10.2 Å². The van der Waals surface area contributed by atoms with Crippen molar-refractivity contribution in [2.45, 2.75) is 19.0 Å². The molecule has 0 aliphatic rings. The quantitative estimate of drug-likeness (QED) is 0.855. The van der Waals surface area contributed by atoms with Gasteiger partial charge in [-0.1, -0.05) is 30.0 Å². The van der Waals surface area contributed by atoms with Crippen LogP contribution < -0.4 is 0 Å². The molecule has 1 heterocycles. The first kappa shape index (κ1) is 12.6. The highest BCUT2D eigenvalue weighted by Crippen LogP contribution is 2.24. The van der Waals surface area contributed by atoms with Gasteiger partial charge in [0.1, 0.15) is 6.33 Å². The van der Waals surface area contributed by atoms with Crippen LogP contribution in [0.4, 0.5) is 0 Å². The molecule has 0 bridgehead atoms. The van der Waals surface area contributed by atoms with Crippen LogP contribution in [-0.2, 0) is 4.79 Å². The highest BCUT2D eigenvalue weighted by atomic mass is 32.2. The molecule has 0 aliphatic heterocycles. The van der Waals surface area contributed by atoms with Crippen LogP contribution in [0.2, 0.25) is 0 Å². The highest BCUT2D eigenvalue weighted by molar-refractivity contribution is 7.99. The van der Waals surface area contributed by atoms with Gasteiger partial charge in [0.15, 0.2) is 5.16 Å². The molecule has 1 aromatic carbocycles. The largest absolute Gasteiger partial charge is 0.481 e. The third-order valence-corrected chi connectivity index (χ3v) is 3.45. The van der Waals surface area contributed by atoms with Gasteiger partial charge < -0.3 is 5.11 Å². The molecule has 0 fully saturated rings. The molecule has 5 nitrogen and oxygen atoms in total. The number of thioether (sulfide) groups is 1. The van der Waals surface area contributed by atoms with E-state index in [4.69, 9.17) is 5.11 Å². The van der Waals surface area contributed by atoms with Gasteiger partial charge >= 0.3 is 5.97 Å². The summed E-state index contributed by atoms with van der Waals surface area (Å²) < 4.78 is 1.83. The van der Waals surface area contributed by atoms with Gasteiger partial charge in [0.2, 0.25) is 0 Å². The Balaban J connectivity index is 2.39. The molecule has 0 aliphatic carbocycles. The average molecular weight is 263 g/mol. The zero-order chi connectivity index (χ0) is 13.1. The molecule has 0 atom stereocenters. The molecule has 1 aromatic heterocycles. The van der Waals surface area contributed by atoms with Gasteiger partial charge in [-0.2, -0.15) is 0 Å². The summed E-state index contributed by atoms with van der Waals surface area (Å²) in [5.74, 6) is -0.889. The molecule has 94 valence electrons. The van der Waals surface area contributed by atoms with Crippen LogP contribution in [-0.4, -0.2) is 31.6 Å². The second kappa shape index (κ2) is 5.22. The van der Waals surface area contributed by atoms with Crippen LogP contribution in [0.25, 0.3) is 5.69 Å². The lowest BCUT2D eigenvalue weighted by Gasteiger charge is -2.11. The summed E-state index contributed by atoms with van der Waals surface area (Å²) in [5, 5.41) is 17.1. The van der Waals surface area contributed by atoms with Crippen molar-refractivity contribution < 1.29 is 9.90 Å². The van der Waals surface area contributed by atoms with E-state index < -0.39 is 5.97 Å². The lowest BCUT2D eigenvalue weighted by Crippen LogP contribution is -2.03. The van der Waals surface area contributed by atoms with Crippen molar-refractivity contribution in [3.05, 3.63) is 35.7 Å². The predicted molar refractivity (Wildman–Crippen MR) is 69.2 cm³/mol. The van der Waals surface area contributed by atoms with E-state index in [1.807, 2.05) is 36.6 Å². The normalized spacial score (nSPS) is 10.6. The molecule has 1 N–H and O–H groups in total. The molecule has 2 aromatic rings. The SMILES string of the molecule is Cc1cccc(C)c1-n1cnnc1SCC(=O)O. The van der Waals surface area contributed by atoms with Crippen LogP contribution in [0, 0.1) is 13.8 Å². The molecule has 6 heteroatoms. The second-order valence-electron chi connectivity index (χ2n) is 3.91. The second-order valence-corrected chi connectivity index (χ2v) is 4.85. The summed E-state index contributed by atoms with van der Waals surface area (Å²) in [7, 11) is 0. The Kier molecular flexibility index (Phi) is 3.66. The summed E-state index contributed by atoms with van der Waals surface area (Å²) in [6, 6.07) is 6.00. The maximum absolute atomic E-state index is 10.6. The Hall–Kier alpha value is -1.82. The average Bonchev–Trinajstić information content (AvgIpc) is 2.74. The predicted octanol–water partition coefficient (Wildman–Crippen LogP) is 2.06. The highest BCUT2D eigenvalue weighted by Gasteiger charge is 2.12. The van der Waals surface area contributed by atoms with Crippen molar-refractivity contribution in [3.63, 3.8) is 0 Å². The van der Waals surface area contributed by atoms with Gasteiger partial charge in [0.25, 0.3) is 0 Å². The van der Waals surface area contributed by atoms with Crippen molar-refractivity contribution in [1.29, 1.82) is 0 Å². The minimum atomic E-state index is -0.865.